The first-order valence-corrected chi connectivity index (χ1v) is 9.12. The van der Waals surface area contributed by atoms with Crippen LogP contribution in [0.2, 0.25) is 0 Å². The molecule has 1 aromatic heterocycles. The van der Waals surface area contributed by atoms with Crippen LogP contribution in [0.3, 0.4) is 0 Å². The second kappa shape index (κ2) is 6.63. The van der Waals surface area contributed by atoms with Gasteiger partial charge in [-0.1, -0.05) is 12.1 Å². The number of aromatic nitrogens is 1. The largest absolute Gasteiger partial charge is 0.376 e. The van der Waals surface area contributed by atoms with E-state index in [0.717, 1.165) is 33.8 Å². The summed E-state index contributed by atoms with van der Waals surface area (Å²) in [5, 5.41) is 2.97. The number of benzene rings is 1. The summed E-state index contributed by atoms with van der Waals surface area (Å²) in [5.74, 6) is 0.0929. The molecule has 126 valence electrons. The lowest BCUT2D eigenvalue weighted by molar-refractivity contribution is -0.0230. The molecule has 0 N–H and O–H groups in total. The van der Waals surface area contributed by atoms with Gasteiger partial charge in [0.25, 0.3) is 5.91 Å². The molecule has 4 rings (SSSR count). The summed E-state index contributed by atoms with van der Waals surface area (Å²) in [6.45, 7) is 4.99. The first kappa shape index (κ1) is 15.7. The van der Waals surface area contributed by atoms with Crippen molar-refractivity contribution < 1.29 is 14.3 Å². The fraction of sp³-hybridized carbons (Fsp3) is 0.444. The number of aryl methyl sites for hydroxylation is 1. The number of carbonyl (C=O) groups excluding carboxylic acids is 1. The molecule has 0 bridgehead atoms. The number of carbonyl (C=O) groups is 1. The number of nitrogens with zero attached hydrogens (tertiary/aromatic N) is 2. The molecule has 1 atom stereocenters. The Balaban J connectivity index is 1.56. The Bertz CT molecular complexity index is 758. The third-order valence-corrected chi connectivity index (χ3v) is 5.58. The maximum atomic E-state index is 13.1. The lowest BCUT2D eigenvalue weighted by Crippen LogP contribution is -2.42. The second-order valence-electron chi connectivity index (χ2n) is 6.18. The van der Waals surface area contributed by atoms with Gasteiger partial charge in [0, 0.05) is 23.2 Å². The summed E-state index contributed by atoms with van der Waals surface area (Å²) in [5.41, 5.74) is 4.08. The van der Waals surface area contributed by atoms with Gasteiger partial charge in [0.15, 0.2) is 0 Å². The number of fused-ring (bicyclic) bond motifs is 1. The highest BCUT2D eigenvalue weighted by atomic mass is 32.1. The highest BCUT2D eigenvalue weighted by Gasteiger charge is 2.29. The molecule has 1 aromatic carbocycles. The topological polar surface area (TPSA) is 51.7 Å². The highest BCUT2D eigenvalue weighted by molar-refractivity contribution is 7.09. The van der Waals surface area contributed by atoms with Gasteiger partial charge in [-0.15, -0.1) is 11.3 Å². The molecule has 0 aliphatic carbocycles. The molecule has 1 amide bonds. The van der Waals surface area contributed by atoms with Crippen molar-refractivity contribution in [3.63, 3.8) is 0 Å². The minimum atomic E-state index is -0.121. The Morgan fingerprint density at radius 3 is 3.12 bits per heavy atom. The molecule has 2 aliphatic heterocycles. The van der Waals surface area contributed by atoms with E-state index in [0.29, 0.717) is 32.9 Å². The summed E-state index contributed by atoms with van der Waals surface area (Å²) < 4.78 is 11.3. The number of thiazole rings is 1. The Hall–Kier alpha value is -1.76. The Labute approximate surface area is 145 Å². The number of hydrogen-bond acceptors (Lipinski definition) is 5. The van der Waals surface area contributed by atoms with E-state index in [-0.39, 0.29) is 12.0 Å². The first-order valence-electron chi connectivity index (χ1n) is 8.24. The standard InChI is InChI=1S/C18H20N2O3S/c1-12-11-24-17(19-12)16-9-20(6-8-23-16)18(21)15-4-2-3-13-10-22-7-5-14(13)15/h2-4,11,16H,5-10H2,1H3. The van der Waals surface area contributed by atoms with Crippen LogP contribution in [-0.4, -0.2) is 42.1 Å². The van der Waals surface area contributed by atoms with Gasteiger partial charge in [-0.3, -0.25) is 4.79 Å². The van der Waals surface area contributed by atoms with Crippen LogP contribution in [0.5, 0.6) is 0 Å². The number of ether oxygens (including phenoxy) is 2. The van der Waals surface area contributed by atoms with Crippen molar-refractivity contribution in [2.75, 3.05) is 26.3 Å². The number of rotatable bonds is 2. The zero-order valence-electron chi connectivity index (χ0n) is 13.7. The van der Waals surface area contributed by atoms with Crippen molar-refractivity contribution in [1.29, 1.82) is 0 Å². The van der Waals surface area contributed by atoms with Crippen LogP contribution in [-0.2, 0) is 22.5 Å². The monoisotopic (exact) mass is 344 g/mol. The third kappa shape index (κ3) is 2.97. The second-order valence-corrected chi connectivity index (χ2v) is 7.07. The fourth-order valence-electron chi connectivity index (χ4n) is 3.30. The average Bonchev–Trinajstić information content (AvgIpc) is 3.07. The van der Waals surface area contributed by atoms with E-state index in [1.807, 2.05) is 35.4 Å². The number of amides is 1. The van der Waals surface area contributed by atoms with Gasteiger partial charge < -0.3 is 14.4 Å². The average molecular weight is 344 g/mol. The Kier molecular flexibility index (Phi) is 4.35. The maximum Gasteiger partial charge on any atom is 0.254 e. The minimum absolute atomic E-state index is 0.0929. The van der Waals surface area contributed by atoms with Gasteiger partial charge in [-0.2, -0.15) is 0 Å². The zero-order valence-corrected chi connectivity index (χ0v) is 14.5. The van der Waals surface area contributed by atoms with Gasteiger partial charge in [0.2, 0.25) is 0 Å². The van der Waals surface area contributed by atoms with Crippen molar-refractivity contribution in [3.8, 4) is 0 Å². The molecule has 1 saturated heterocycles. The van der Waals surface area contributed by atoms with Gasteiger partial charge in [-0.05, 0) is 30.5 Å². The SMILES string of the molecule is Cc1csc(C2CN(C(=O)c3cccc4c3CCOC4)CCO2)n1. The molecule has 6 heteroatoms. The minimum Gasteiger partial charge on any atom is -0.376 e. The van der Waals surface area contributed by atoms with E-state index in [9.17, 15) is 4.79 Å². The van der Waals surface area contributed by atoms with Crippen molar-refractivity contribution >= 4 is 17.2 Å². The smallest absolute Gasteiger partial charge is 0.254 e. The lowest BCUT2D eigenvalue weighted by Gasteiger charge is -2.33. The van der Waals surface area contributed by atoms with Crippen molar-refractivity contribution in [2.45, 2.75) is 26.1 Å². The highest BCUT2D eigenvalue weighted by Crippen LogP contribution is 2.28. The summed E-state index contributed by atoms with van der Waals surface area (Å²) >= 11 is 1.60. The predicted molar refractivity (Wildman–Crippen MR) is 91.2 cm³/mol. The summed E-state index contributed by atoms with van der Waals surface area (Å²) in [6, 6.07) is 5.93. The van der Waals surface area contributed by atoms with E-state index in [1.165, 1.54) is 0 Å². The molecule has 1 fully saturated rings. The van der Waals surface area contributed by atoms with Gasteiger partial charge in [-0.25, -0.2) is 4.98 Å². The van der Waals surface area contributed by atoms with Crippen molar-refractivity contribution in [3.05, 3.63) is 51.0 Å². The van der Waals surface area contributed by atoms with Crippen LogP contribution in [0.4, 0.5) is 0 Å². The zero-order chi connectivity index (χ0) is 16.5. The van der Waals surface area contributed by atoms with E-state index < -0.39 is 0 Å². The molecule has 0 saturated carbocycles. The molecule has 3 heterocycles. The molecule has 1 unspecified atom stereocenters. The van der Waals surface area contributed by atoms with Crippen LogP contribution < -0.4 is 0 Å². The van der Waals surface area contributed by atoms with Crippen LogP contribution in [0.15, 0.2) is 23.6 Å². The summed E-state index contributed by atoms with van der Waals surface area (Å²) in [4.78, 5) is 19.5. The number of morpholine rings is 1. The molecule has 24 heavy (non-hydrogen) atoms. The van der Waals surface area contributed by atoms with Crippen molar-refractivity contribution in [2.24, 2.45) is 0 Å². The van der Waals surface area contributed by atoms with Gasteiger partial charge in [0.1, 0.15) is 11.1 Å². The molecule has 2 aromatic rings. The predicted octanol–water partition coefficient (Wildman–Crippen LogP) is 2.74. The quantitative estimate of drug-likeness (QED) is 0.841. The molecule has 0 spiro atoms. The molecule has 5 nitrogen and oxygen atoms in total. The summed E-state index contributed by atoms with van der Waals surface area (Å²) in [7, 11) is 0. The van der Waals surface area contributed by atoms with Crippen molar-refractivity contribution in [1.82, 2.24) is 9.88 Å². The van der Waals surface area contributed by atoms with E-state index in [1.54, 1.807) is 11.3 Å². The molecule has 0 radical (unpaired) electrons. The van der Waals surface area contributed by atoms with Gasteiger partial charge in [0.05, 0.1) is 26.4 Å². The van der Waals surface area contributed by atoms with Crippen LogP contribution in [0, 0.1) is 6.92 Å². The Morgan fingerprint density at radius 1 is 1.38 bits per heavy atom. The van der Waals surface area contributed by atoms with Crippen LogP contribution in [0.25, 0.3) is 0 Å². The normalized spacial score (nSPS) is 20.7. The molecule has 2 aliphatic rings. The van der Waals surface area contributed by atoms with Crippen LogP contribution >= 0.6 is 11.3 Å². The van der Waals surface area contributed by atoms with E-state index in [4.69, 9.17) is 9.47 Å². The maximum absolute atomic E-state index is 13.1. The molecular weight excluding hydrogens is 324 g/mol. The number of hydrogen-bond donors (Lipinski definition) is 0. The van der Waals surface area contributed by atoms with Crippen LogP contribution in [0.1, 0.15) is 38.3 Å². The molecular formula is C18H20N2O3S. The fourth-order valence-corrected chi connectivity index (χ4v) is 4.13. The van der Waals surface area contributed by atoms with Gasteiger partial charge >= 0.3 is 0 Å². The summed E-state index contributed by atoms with van der Waals surface area (Å²) in [6.07, 6.45) is 0.681. The Morgan fingerprint density at radius 2 is 2.29 bits per heavy atom. The van der Waals surface area contributed by atoms with E-state index in [2.05, 4.69) is 4.98 Å². The first-order chi connectivity index (χ1) is 11.7. The lowest BCUT2D eigenvalue weighted by atomic mass is 9.96. The third-order valence-electron chi connectivity index (χ3n) is 4.52. The van der Waals surface area contributed by atoms with E-state index >= 15 is 0 Å².